The van der Waals surface area contributed by atoms with Gasteiger partial charge in [0.25, 0.3) is 5.91 Å². The van der Waals surface area contributed by atoms with Crippen molar-refractivity contribution in [2.45, 2.75) is 26.4 Å². The lowest BCUT2D eigenvalue weighted by atomic mass is 10.0. The van der Waals surface area contributed by atoms with Gasteiger partial charge in [0.05, 0.1) is 13.2 Å². The van der Waals surface area contributed by atoms with Crippen LogP contribution in [0, 0.1) is 0 Å². The fourth-order valence-electron chi connectivity index (χ4n) is 4.59. The van der Waals surface area contributed by atoms with Crippen LogP contribution in [0.15, 0.2) is 97.1 Å². The number of imidazole rings is 1. The first-order valence-corrected chi connectivity index (χ1v) is 12.2. The molecule has 0 radical (unpaired) electrons. The van der Waals surface area contributed by atoms with E-state index in [9.17, 15) is 4.79 Å². The molecule has 5 rings (SSSR count). The summed E-state index contributed by atoms with van der Waals surface area (Å²) in [5.41, 5.74) is 4.16. The highest BCUT2D eigenvalue weighted by Crippen LogP contribution is 2.32. The Balaban J connectivity index is 1.64. The van der Waals surface area contributed by atoms with Crippen LogP contribution in [0.3, 0.4) is 0 Å². The van der Waals surface area contributed by atoms with E-state index >= 15 is 0 Å². The van der Waals surface area contributed by atoms with E-state index in [1.807, 2.05) is 103 Å². The summed E-state index contributed by atoms with van der Waals surface area (Å²) >= 11 is 0. The number of nitrogens with one attached hydrogen (secondary N) is 1. The lowest BCUT2D eigenvalue weighted by Crippen LogP contribution is -2.29. The Morgan fingerprint density at radius 1 is 0.889 bits per heavy atom. The van der Waals surface area contributed by atoms with Gasteiger partial charge in [0, 0.05) is 17.7 Å². The zero-order valence-electron chi connectivity index (χ0n) is 20.7. The van der Waals surface area contributed by atoms with Crippen molar-refractivity contribution in [3.05, 3.63) is 108 Å². The first-order chi connectivity index (χ1) is 17.6. The molecular formula is C31H29N3O2. The van der Waals surface area contributed by atoms with Crippen LogP contribution in [0.1, 0.15) is 35.9 Å². The SMILES string of the molecule is CCn1c(-c2ccccc2)nc(-c2ccc3cc(OC)ccc3c2)c1C(=O)N[C@@H](C)c1ccccc1. The molecule has 0 fully saturated rings. The maximum absolute atomic E-state index is 13.8. The van der Waals surface area contributed by atoms with Crippen molar-refractivity contribution in [2.75, 3.05) is 7.11 Å². The number of rotatable bonds is 7. The molecule has 4 aromatic carbocycles. The number of fused-ring (bicyclic) bond motifs is 1. The van der Waals surface area contributed by atoms with Crippen LogP contribution >= 0.6 is 0 Å². The number of nitrogens with zero attached hydrogens (tertiary/aromatic N) is 2. The van der Waals surface area contributed by atoms with Gasteiger partial charge in [-0.1, -0.05) is 78.9 Å². The predicted octanol–water partition coefficient (Wildman–Crippen LogP) is 6.89. The number of carbonyl (C=O) groups is 1. The second-order valence-corrected chi connectivity index (χ2v) is 8.78. The van der Waals surface area contributed by atoms with E-state index in [-0.39, 0.29) is 11.9 Å². The Morgan fingerprint density at radius 3 is 2.25 bits per heavy atom. The summed E-state index contributed by atoms with van der Waals surface area (Å²) in [5, 5.41) is 5.33. The topological polar surface area (TPSA) is 56.2 Å². The minimum absolute atomic E-state index is 0.143. The Kier molecular flexibility index (Phi) is 6.54. The smallest absolute Gasteiger partial charge is 0.270 e. The molecular weight excluding hydrogens is 446 g/mol. The van der Waals surface area contributed by atoms with Crippen molar-refractivity contribution in [3.8, 4) is 28.4 Å². The van der Waals surface area contributed by atoms with Crippen molar-refractivity contribution < 1.29 is 9.53 Å². The van der Waals surface area contributed by atoms with Crippen molar-refractivity contribution in [1.82, 2.24) is 14.9 Å². The van der Waals surface area contributed by atoms with Crippen LogP contribution in [-0.2, 0) is 6.54 Å². The number of aromatic nitrogens is 2. The highest BCUT2D eigenvalue weighted by molar-refractivity contribution is 6.01. The van der Waals surface area contributed by atoms with Crippen LogP contribution in [0.25, 0.3) is 33.4 Å². The van der Waals surface area contributed by atoms with Crippen LogP contribution in [-0.4, -0.2) is 22.6 Å². The van der Waals surface area contributed by atoms with E-state index in [0.29, 0.717) is 17.9 Å². The minimum atomic E-state index is -0.146. The number of hydrogen-bond donors (Lipinski definition) is 1. The minimum Gasteiger partial charge on any atom is -0.497 e. The van der Waals surface area contributed by atoms with Gasteiger partial charge in [-0.25, -0.2) is 4.98 Å². The second-order valence-electron chi connectivity index (χ2n) is 8.78. The van der Waals surface area contributed by atoms with Crippen LogP contribution in [0.4, 0.5) is 0 Å². The number of carbonyl (C=O) groups excluding carboxylic acids is 1. The molecule has 0 saturated carbocycles. The largest absolute Gasteiger partial charge is 0.497 e. The first kappa shape index (κ1) is 23.4. The molecule has 180 valence electrons. The normalized spacial score (nSPS) is 11.9. The fraction of sp³-hybridized carbons (Fsp3) is 0.161. The molecule has 5 nitrogen and oxygen atoms in total. The molecule has 1 heterocycles. The molecule has 1 amide bonds. The highest BCUT2D eigenvalue weighted by atomic mass is 16.5. The fourth-order valence-corrected chi connectivity index (χ4v) is 4.59. The quantitative estimate of drug-likeness (QED) is 0.279. The van der Waals surface area contributed by atoms with Gasteiger partial charge in [-0.2, -0.15) is 0 Å². The van der Waals surface area contributed by atoms with E-state index in [4.69, 9.17) is 9.72 Å². The average molecular weight is 476 g/mol. The van der Waals surface area contributed by atoms with E-state index in [2.05, 4.69) is 17.4 Å². The molecule has 1 atom stereocenters. The van der Waals surface area contributed by atoms with Gasteiger partial charge < -0.3 is 14.6 Å². The molecule has 0 aliphatic carbocycles. The summed E-state index contributed by atoms with van der Waals surface area (Å²) < 4.78 is 7.38. The summed E-state index contributed by atoms with van der Waals surface area (Å²) in [6.07, 6.45) is 0. The summed E-state index contributed by atoms with van der Waals surface area (Å²) in [6, 6.07) is 32.0. The van der Waals surface area contributed by atoms with E-state index < -0.39 is 0 Å². The standard InChI is InChI=1S/C31H29N3O2/c1-4-34-29(31(35)32-21(2)22-11-7-5-8-12-22)28(33-30(34)23-13-9-6-10-14-23)26-16-15-25-20-27(36-3)18-17-24(25)19-26/h5-21H,4H2,1-3H3,(H,32,35)/t21-/m0/s1. The van der Waals surface area contributed by atoms with Gasteiger partial charge in [-0.3, -0.25) is 4.79 Å². The zero-order chi connectivity index (χ0) is 25.1. The van der Waals surface area contributed by atoms with E-state index in [1.54, 1.807) is 7.11 Å². The molecule has 1 N–H and O–H groups in total. The molecule has 0 aliphatic heterocycles. The maximum atomic E-state index is 13.8. The Morgan fingerprint density at radius 2 is 1.56 bits per heavy atom. The lowest BCUT2D eigenvalue weighted by molar-refractivity contribution is 0.0931. The molecule has 0 bridgehead atoms. The second kappa shape index (κ2) is 10.1. The Bertz CT molecular complexity index is 1510. The lowest BCUT2D eigenvalue weighted by Gasteiger charge is -2.16. The molecule has 0 unspecified atom stereocenters. The third-order valence-electron chi connectivity index (χ3n) is 6.50. The van der Waals surface area contributed by atoms with Crippen LogP contribution < -0.4 is 10.1 Å². The van der Waals surface area contributed by atoms with Crippen molar-refractivity contribution in [3.63, 3.8) is 0 Å². The molecule has 36 heavy (non-hydrogen) atoms. The molecule has 0 spiro atoms. The summed E-state index contributed by atoms with van der Waals surface area (Å²) in [5.74, 6) is 1.44. The van der Waals surface area contributed by atoms with Crippen molar-refractivity contribution in [1.29, 1.82) is 0 Å². The number of hydrogen-bond acceptors (Lipinski definition) is 3. The number of methoxy groups -OCH3 is 1. The monoisotopic (exact) mass is 475 g/mol. The van der Waals surface area contributed by atoms with Crippen molar-refractivity contribution in [2.24, 2.45) is 0 Å². The van der Waals surface area contributed by atoms with Crippen LogP contribution in [0.5, 0.6) is 5.75 Å². The molecule has 5 aromatic rings. The van der Waals surface area contributed by atoms with Gasteiger partial charge in [0.2, 0.25) is 0 Å². The summed E-state index contributed by atoms with van der Waals surface area (Å²) in [4.78, 5) is 18.8. The molecule has 1 aromatic heterocycles. The Hall–Kier alpha value is -4.38. The third kappa shape index (κ3) is 4.48. The zero-order valence-corrected chi connectivity index (χ0v) is 20.7. The van der Waals surface area contributed by atoms with Gasteiger partial charge in [-0.05, 0) is 48.4 Å². The average Bonchev–Trinajstić information content (AvgIpc) is 3.33. The van der Waals surface area contributed by atoms with Crippen molar-refractivity contribution >= 4 is 16.7 Å². The first-order valence-electron chi connectivity index (χ1n) is 12.2. The third-order valence-corrected chi connectivity index (χ3v) is 6.50. The Labute approximate surface area is 211 Å². The molecule has 0 saturated heterocycles. The van der Waals surface area contributed by atoms with Gasteiger partial charge in [0.15, 0.2) is 0 Å². The predicted molar refractivity (Wildman–Crippen MR) is 145 cm³/mol. The summed E-state index contributed by atoms with van der Waals surface area (Å²) in [6.45, 7) is 4.66. The van der Waals surface area contributed by atoms with E-state index in [1.165, 1.54) is 0 Å². The van der Waals surface area contributed by atoms with Crippen LogP contribution in [0.2, 0.25) is 0 Å². The molecule has 0 aliphatic rings. The van der Waals surface area contributed by atoms with Gasteiger partial charge in [-0.15, -0.1) is 0 Å². The number of ether oxygens (including phenoxy) is 1. The van der Waals surface area contributed by atoms with E-state index in [0.717, 1.165) is 39.0 Å². The summed E-state index contributed by atoms with van der Waals surface area (Å²) in [7, 11) is 1.67. The van der Waals surface area contributed by atoms with Gasteiger partial charge in [0.1, 0.15) is 23.0 Å². The number of amides is 1. The molecule has 5 heteroatoms. The maximum Gasteiger partial charge on any atom is 0.270 e. The number of benzene rings is 4. The van der Waals surface area contributed by atoms with Gasteiger partial charge >= 0.3 is 0 Å². The highest BCUT2D eigenvalue weighted by Gasteiger charge is 2.25.